The third kappa shape index (κ3) is 4.13. The van der Waals surface area contributed by atoms with Crippen molar-refractivity contribution in [2.75, 3.05) is 44.2 Å². The first kappa shape index (κ1) is 13.6. The average Bonchev–Trinajstić information content (AvgIpc) is 2.39. The number of nitrogens with one attached hydrogen (secondary N) is 1. The van der Waals surface area contributed by atoms with Crippen molar-refractivity contribution >= 4 is 17.4 Å². The van der Waals surface area contributed by atoms with E-state index in [0.29, 0.717) is 11.4 Å². The molecule has 1 unspecified atom stereocenters. The number of thioether (sulfide) groups is 1. The molecule has 1 fully saturated rings. The SMILES string of the molecule is Nc1cccnc1SCC(O)CN1CCNCC1. The monoisotopic (exact) mass is 268 g/mol. The lowest BCUT2D eigenvalue weighted by atomic mass is 10.3. The molecule has 1 aliphatic heterocycles. The number of nitrogens with zero attached hydrogens (tertiary/aromatic N) is 2. The van der Waals surface area contributed by atoms with E-state index in [0.717, 1.165) is 37.7 Å². The van der Waals surface area contributed by atoms with Gasteiger partial charge in [-0.3, -0.25) is 4.90 Å². The highest BCUT2D eigenvalue weighted by Crippen LogP contribution is 2.22. The fraction of sp³-hybridized carbons (Fsp3) is 0.583. The van der Waals surface area contributed by atoms with Crippen molar-refractivity contribution < 1.29 is 5.11 Å². The Kier molecular flexibility index (Phi) is 5.25. The Morgan fingerprint density at radius 2 is 2.28 bits per heavy atom. The summed E-state index contributed by atoms with van der Waals surface area (Å²) in [5.74, 6) is 0.630. The summed E-state index contributed by atoms with van der Waals surface area (Å²) in [6.07, 6.45) is 1.39. The summed E-state index contributed by atoms with van der Waals surface area (Å²) in [7, 11) is 0. The quantitative estimate of drug-likeness (QED) is 0.654. The van der Waals surface area contributed by atoms with Crippen LogP contribution in [0.15, 0.2) is 23.4 Å². The van der Waals surface area contributed by atoms with Crippen molar-refractivity contribution in [3.8, 4) is 0 Å². The molecule has 1 aromatic rings. The Morgan fingerprint density at radius 3 is 3.00 bits per heavy atom. The summed E-state index contributed by atoms with van der Waals surface area (Å²) < 4.78 is 0. The molecule has 5 nitrogen and oxygen atoms in total. The molecule has 2 rings (SSSR count). The summed E-state index contributed by atoms with van der Waals surface area (Å²) in [5, 5.41) is 14.1. The van der Waals surface area contributed by atoms with Gasteiger partial charge in [0.1, 0.15) is 5.03 Å². The Labute approximate surface area is 112 Å². The van der Waals surface area contributed by atoms with Crippen LogP contribution in [0.1, 0.15) is 0 Å². The molecule has 2 heterocycles. The highest BCUT2D eigenvalue weighted by Gasteiger charge is 2.15. The fourth-order valence-corrected chi connectivity index (χ4v) is 2.77. The molecule has 18 heavy (non-hydrogen) atoms. The number of β-amino-alcohol motifs (C(OH)–C–C–N with tert-alkyl or cyclic N) is 1. The number of aliphatic hydroxyl groups is 1. The molecule has 0 saturated carbocycles. The number of pyridine rings is 1. The standard InChI is InChI=1S/C12H20N4OS/c13-11-2-1-3-15-12(11)18-9-10(17)8-16-6-4-14-5-7-16/h1-3,10,14,17H,4-9,13H2. The van der Waals surface area contributed by atoms with Gasteiger partial charge in [0.2, 0.25) is 0 Å². The van der Waals surface area contributed by atoms with Gasteiger partial charge in [0, 0.05) is 44.7 Å². The van der Waals surface area contributed by atoms with Crippen molar-refractivity contribution in [2.24, 2.45) is 0 Å². The number of nitrogens with two attached hydrogens (primary N) is 1. The van der Waals surface area contributed by atoms with Crippen LogP contribution in [0.25, 0.3) is 0 Å². The molecule has 4 N–H and O–H groups in total. The van der Waals surface area contributed by atoms with Crippen LogP contribution in [0.5, 0.6) is 0 Å². The van der Waals surface area contributed by atoms with Crippen molar-refractivity contribution in [3.05, 3.63) is 18.3 Å². The zero-order valence-corrected chi connectivity index (χ0v) is 11.2. The molecule has 1 saturated heterocycles. The first-order valence-electron chi connectivity index (χ1n) is 6.20. The van der Waals surface area contributed by atoms with Gasteiger partial charge in [-0.15, -0.1) is 11.8 Å². The maximum Gasteiger partial charge on any atom is 0.119 e. The van der Waals surface area contributed by atoms with Gasteiger partial charge >= 0.3 is 0 Å². The summed E-state index contributed by atoms with van der Waals surface area (Å²) in [5.41, 5.74) is 6.49. The largest absolute Gasteiger partial charge is 0.397 e. The second-order valence-electron chi connectivity index (χ2n) is 4.41. The average molecular weight is 268 g/mol. The van der Waals surface area contributed by atoms with Crippen LogP contribution in [0, 0.1) is 0 Å². The van der Waals surface area contributed by atoms with Gasteiger partial charge in [-0.25, -0.2) is 4.98 Å². The Bertz CT molecular complexity index is 371. The predicted molar refractivity (Wildman–Crippen MR) is 74.7 cm³/mol. The van der Waals surface area contributed by atoms with Gasteiger partial charge < -0.3 is 16.2 Å². The Hall–Kier alpha value is -0.820. The number of piperazine rings is 1. The molecule has 0 aliphatic carbocycles. The second-order valence-corrected chi connectivity index (χ2v) is 5.42. The van der Waals surface area contributed by atoms with Crippen LogP contribution in [-0.2, 0) is 0 Å². The van der Waals surface area contributed by atoms with Crippen LogP contribution < -0.4 is 11.1 Å². The molecular formula is C12H20N4OS. The number of rotatable bonds is 5. The summed E-state index contributed by atoms with van der Waals surface area (Å²) in [6, 6.07) is 3.65. The van der Waals surface area contributed by atoms with Crippen LogP contribution in [0.3, 0.4) is 0 Å². The maximum atomic E-state index is 10.0. The van der Waals surface area contributed by atoms with Crippen molar-refractivity contribution in [3.63, 3.8) is 0 Å². The highest BCUT2D eigenvalue weighted by molar-refractivity contribution is 7.99. The number of hydrogen-bond donors (Lipinski definition) is 3. The van der Waals surface area contributed by atoms with Crippen molar-refractivity contribution in [1.29, 1.82) is 0 Å². The van der Waals surface area contributed by atoms with E-state index in [-0.39, 0.29) is 6.10 Å². The number of aromatic nitrogens is 1. The predicted octanol–water partition coefficient (Wildman–Crippen LogP) is 0.0220. The highest BCUT2D eigenvalue weighted by atomic mass is 32.2. The first-order chi connectivity index (χ1) is 8.75. The molecule has 0 bridgehead atoms. The first-order valence-corrected chi connectivity index (χ1v) is 7.18. The lowest BCUT2D eigenvalue weighted by molar-refractivity contribution is 0.121. The fourth-order valence-electron chi connectivity index (χ4n) is 1.94. The van der Waals surface area contributed by atoms with E-state index in [4.69, 9.17) is 5.73 Å². The minimum absolute atomic E-state index is 0.338. The third-order valence-corrected chi connectivity index (χ3v) is 4.06. The van der Waals surface area contributed by atoms with Crippen LogP contribution in [-0.4, -0.2) is 59.6 Å². The smallest absolute Gasteiger partial charge is 0.119 e. The van der Waals surface area contributed by atoms with Gasteiger partial charge in [-0.2, -0.15) is 0 Å². The second kappa shape index (κ2) is 6.94. The number of aliphatic hydroxyl groups excluding tert-OH is 1. The van der Waals surface area contributed by atoms with E-state index in [2.05, 4.69) is 15.2 Å². The van der Waals surface area contributed by atoms with Gasteiger partial charge in [-0.1, -0.05) is 0 Å². The molecular weight excluding hydrogens is 248 g/mol. The van der Waals surface area contributed by atoms with Crippen LogP contribution >= 0.6 is 11.8 Å². The van der Waals surface area contributed by atoms with E-state index in [1.54, 1.807) is 6.20 Å². The van der Waals surface area contributed by atoms with Crippen molar-refractivity contribution in [2.45, 2.75) is 11.1 Å². The number of hydrogen-bond acceptors (Lipinski definition) is 6. The number of anilines is 1. The molecule has 0 aromatic carbocycles. The van der Waals surface area contributed by atoms with Gasteiger partial charge in [0.05, 0.1) is 11.8 Å². The molecule has 0 radical (unpaired) electrons. The molecule has 1 atom stereocenters. The molecule has 1 aliphatic rings. The van der Waals surface area contributed by atoms with E-state index >= 15 is 0 Å². The van der Waals surface area contributed by atoms with Gasteiger partial charge in [0.25, 0.3) is 0 Å². The maximum absolute atomic E-state index is 10.0. The topological polar surface area (TPSA) is 74.4 Å². The normalized spacial score (nSPS) is 18.7. The minimum atomic E-state index is -0.338. The van der Waals surface area contributed by atoms with Crippen molar-refractivity contribution in [1.82, 2.24) is 15.2 Å². The van der Waals surface area contributed by atoms with Gasteiger partial charge in [-0.05, 0) is 12.1 Å². The molecule has 0 spiro atoms. The zero-order valence-electron chi connectivity index (χ0n) is 10.4. The zero-order chi connectivity index (χ0) is 12.8. The third-order valence-electron chi connectivity index (χ3n) is 2.89. The Balaban J connectivity index is 1.74. The lowest BCUT2D eigenvalue weighted by Gasteiger charge is -2.28. The molecule has 0 amide bonds. The van der Waals surface area contributed by atoms with E-state index in [1.807, 2.05) is 12.1 Å². The van der Waals surface area contributed by atoms with Crippen LogP contribution in [0.2, 0.25) is 0 Å². The number of nitrogen functional groups attached to an aromatic ring is 1. The van der Waals surface area contributed by atoms with E-state index < -0.39 is 0 Å². The Morgan fingerprint density at radius 1 is 1.50 bits per heavy atom. The minimum Gasteiger partial charge on any atom is -0.397 e. The summed E-state index contributed by atoms with van der Waals surface area (Å²) in [4.78, 5) is 6.48. The summed E-state index contributed by atoms with van der Waals surface area (Å²) >= 11 is 1.52. The van der Waals surface area contributed by atoms with Crippen LogP contribution in [0.4, 0.5) is 5.69 Å². The summed E-state index contributed by atoms with van der Waals surface area (Å²) in [6.45, 7) is 4.75. The van der Waals surface area contributed by atoms with E-state index in [9.17, 15) is 5.11 Å². The molecule has 1 aromatic heterocycles. The lowest BCUT2D eigenvalue weighted by Crippen LogP contribution is -2.46. The molecule has 6 heteroatoms. The molecule has 100 valence electrons. The van der Waals surface area contributed by atoms with E-state index in [1.165, 1.54) is 11.8 Å². The van der Waals surface area contributed by atoms with Gasteiger partial charge in [0.15, 0.2) is 0 Å².